The quantitative estimate of drug-likeness (QED) is 0.726. The first kappa shape index (κ1) is 21.2. The molecule has 1 aliphatic carbocycles. The second kappa shape index (κ2) is 9.06. The number of nitrogens with one attached hydrogen (secondary N) is 1. The monoisotopic (exact) mass is 435 g/mol. The molecule has 7 nitrogen and oxygen atoms in total. The molecule has 0 unspecified atom stereocenters. The Hall–Kier alpha value is -2.67. The lowest BCUT2D eigenvalue weighted by Crippen LogP contribution is -2.41. The minimum absolute atomic E-state index is 0.0388. The van der Waals surface area contributed by atoms with Crippen LogP contribution in [0.4, 0.5) is 0 Å². The van der Waals surface area contributed by atoms with Crippen LogP contribution in [0, 0.1) is 18.8 Å². The summed E-state index contributed by atoms with van der Waals surface area (Å²) in [5.41, 5.74) is 3.01. The Bertz CT molecular complexity index is 971. The third kappa shape index (κ3) is 4.88. The van der Waals surface area contributed by atoms with Crippen molar-refractivity contribution in [3.05, 3.63) is 53.1 Å². The largest absolute Gasteiger partial charge is 0.350 e. The molecule has 7 heteroatoms. The standard InChI is InChI=1S/C25H33N5O2/c1-18-2-4-20(5-3-18)15-28-10-8-19(9-11-28)14-26-24(31)22-17-29-12-13-30(16-21-6-7-21)25(32)23(29)27-22/h2-5,17,19,21H,6-16H2,1H3,(H,26,31). The number of rotatable bonds is 7. The minimum Gasteiger partial charge on any atom is -0.350 e. The molecule has 1 aromatic heterocycles. The van der Waals surface area contributed by atoms with E-state index >= 15 is 0 Å². The van der Waals surface area contributed by atoms with Gasteiger partial charge in [-0.3, -0.25) is 14.5 Å². The molecule has 1 saturated carbocycles. The molecule has 0 radical (unpaired) electrons. The summed E-state index contributed by atoms with van der Waals surface area (Å²) < 4.78 is 1.84. The molecule has 1 N–H and O–H groups in total. The summed E-state index contributed by atoms with van der Waals surface area (Å²) in [4.78, 5) is 34.2. The molecule has 170 valence electrons. The molecule has 0 bridgehead atoms. The Morgan fingerprint density at radius 3 is 2.50 bits per heavy atom. The smallest absolute Gasteiger partial charge is 0.289 e. The van der Waals surface area contributed by atoms with Crippen LogP contribution in [0.2, 0.25) is 0 Å². The second-order valence-electron chi connectivity index (χ2n) is 9.75. The predicted molar refractivity (Wildman–Crippen MR) is 122 cm³/mol. The molecule has 2 amide bonds. The van der Waals surface area contributed by atoms with Gasteiger partial charge in [0.15, 0.2) is 5.82 Å². The summed E-state index contributed by atoms with van der Waals surface area (Å²) in [6, 6.07) is 8.76. The lowest BCUT2D eigenvalue weighted by molar-refractivity contribution is 0.0688. The van der Waals surface area contributed by atoms with E-state index in [0.717, 1.165) is 39.0 Å². The number of nitrogens with zero attached hydrogens (tertiary/aromatic N) is 4. The Kier molecular flexibility index (Phi) is 6.00. The number of likely N-dealkylation sites (tertiary alicyclic amines) is 1. The topological polar surface area (TPSA) is 70.5 Å². The number of carbonyl (C=O) groups is 2. The van der Waals surface area contributed by atoms with E-state index in [1.165, 1.54) is 24.0 Å². The molecule has 2 aromatic rings. The molecule has 3 aliphatic rings. The molecule has 5 rings (SSSR count). The zero-order chi connectivity index (χ0) is 22.1. The number of piperidine rings is 1. The van der Waals surface area contributed by atoms with Crippen LogP contribution in [-0.4, -0.2) is 63.9 Å². The van der Waals surface area contributed by atoms with Gasteiger partial charge in [-0.1, -0.05) is 29.8 Å². The SMILES string of the molecule is Cc1ccc(CN2CCC(CNC(=O)c3cn4c(n3)C(=O)N(CC3CC3)CC4)CC2)cc1. The van der Waals surface area contributed by atoms with Gasteiger partial charge in [0.1, 0.15) is 5.69 Å². The van der Waals surface area contributed by atoms with E-state index in [9.17, 15) is 9.59 Å². The normalized spacial score (nSPS) is 19.8. The fraction of sp³-hybridized carbons (Fsp3) is 0.560. The number of amides is 2. The minimum atomic E-state index is -0.171. The predicted octanol–water partition coefficient (Wildman–Crippen LogP) is 2.70. The molecule has 2 aliphatic heterocycles. The Balaban J connectivity index is 1.09. The fourth-order valence-corrected chi connectivity index (χ4v) is 4.75. The van der Waals surface area contributed by atoms with Crippen LogP contribution in [0.15, 0.2) is 30.5 Å². The zero-order valence-corrected chi connectivity index (χ0v) is 18.9. The van der Waals surface area contributed by atoms with Crippen molar-refractivity contribution < 1.29 is 9.59 Å². The molecule has 32 heavy (non-hydrogen) atoms. The summed E-state index contributed by atoms with van der Waals surface area (Å²) in [5, 5.41) is 3.06. The Labute approximate surface area is 189 Å². The van der Waals surface area contributed by atoms with Crippen molar-refractivity contribution in [2.24, 2.45) is 11.8 Å². The molecule has 1 aromatic carbocycles. The summed E-state index contributed by atoms with van der Waals surface area (Å²) in [6.07, 6.45) is 6.34. The average Bonchev–Trinajstić information content (AvgIpc) is 3.51. The van der Waals surface area contributed by atoms with Crippen molar-refractivity contribution >= 4 is 11.8 Å². The van der Waals surface area contributed by atoms with Gasteiger partial charge in [-0.25, -0.2) is 4.98 Å². The van der Waals surface area contributed by atoms with E-state index in [0.29, 0.717) is 43.0 Å². The maximum absolute atomic E-state index is 12.7. The van der Waals surface area contributed by atoms with Crippen molar-refractivity contribution in [1.82, 2.24) is 24.7 Å². The van der Waals surface area contributed by atoms with Crippen molar-refractivity contribution in [3.63, 3.8) is 0 Å². The zero-order valence-electron chi connectivity index (χ0n) is 18.9. The van der Waals surface area contributed by atoms with Gasteiger partial charge in [-0.15, -0.1) is 0 Å². The second-order valence-corrected chi connectivity index (χ2v) is 9.75. The maximum Gasteiger partial charge on any atom is 0.289 e. The number of hydrogen-bond acceptors (Lipinski definition) is 4. The number of imidazole rings is 1. The number of aryl methyl sites for hydroxylation is 1. The van der Waals surface area contributed by atoms with Gasteiger partial charge >= 0.3 is 0 Å². The van der Waals surface area contributed by atoms with Crippen LogP contribution < -0.4 is 5.32 Å². The van der Waals surface area contributed by atoms with Crippen molar-refractivity contribution in [2.45, 2.75) is 45.7 Å². The number of fused-ring (bicyclic) bond motifs is 1. The first-order valence-corrected chi connectivity index (χ1v) is 12.0. The average molecular weight is 436 g/mol. The Morgan fingerprint density at radius 1 is 1.03 bits per heavy atom. The van der Waals surface area contributed by atoms with Crippen LogP contribution in [0.25, 0.3) is 0 Å². The van der Waals surface area contributed by atoms with Crippen LogP contribution in [0.1, 0.15) is 57.9 Å². The summed E-state index contributed by atoms with van der Waals surface area (Å²) in [7, 11) is 0. The van der Waals surface area contributed by atoms with Gasteiger partial charge < -0.3 is 14.8 Å². The number of benzene rings is 1. The third-order valence-corrected chi connectivity index (χ3v) is 7.06. The summed E-state index contributed by atoms with van der Waals surface area (Å²) in [5.74, 6) is 1.35. The van der Waals surface area contributed by atoms with E-state index < -0.39 is 0 Å². The number of carbonyl (C=O) groups excluding carboxylic acids is 2. The van der Waals surface area contributed by atoms with Crippen LogP contribution >= 0.6 is 0 Å². The van der Waals surface area contributed by atoms with E-state index in [2.05, 4.69) is 46.4 Å². The van der Waals surface area contributed by atoms with Gasteiger partial charge in [-0.05, 0) is 63.1 Å². The van der Waals surface area contributed by atoms with E-state index in [1.807, 2.05) is 9.47 Å². The highest BCUT2D eigenvalue weighted by Gasteiger charge is 2.32. The van der Waals surface area contributed by atoms with Gasteiger partial charge in [-0.2, -0.15) is 0 Å². The van der Waals surface area contributed by atoms with Gasteiger partial charge in [0.2, 0.25) is 0 Å². The molecule has 1 saturated heterocycles. The van der Waals surface area contributed by atoms with Gasteiger partial charge in [0, 0.05) is 38.9 Å². The molecule has 0 spiro atoms. The van der Waals surface area contributed by atoms with E-state index in [4.69, 9.17) is 0 Å². The highest BCUT2D eigenvalue weighted by molar-refractivity contribution is 5.96. The van der Waals surface area contributed by atoms with E-state index in [-0.39, 0.29) is 11.8 Å². The lowest BCUT2D eigenvalue weighted by Gasteiger charge is -2.32. The van der Waals surface area contributed by atoms with Crippen molar-refractivity contribution in [2.75, 3.05) is 32.7 Å². The van der Waals surface area contributed by atoms with Gasteiger partial charge in [0.05, 0.1) is 0 Å². The molecule has 3 heterocycles. The molecular weight excluding hydrogens is 402 g/mol. The van der Waals surface area contributed by atoms with Crippen molar-refractivity contribution in [1.29, 1.82) is 0 Å². The van der Waals surface area contributed by atoms with Crippen LogP contribution in [-0.2, 0) is 13.1 Å². The van der Waals surface area contributed by atoms with E-state index in [1.54, 1.807) is 6.20 Å². The lowest BCUT2D eigenvalue weighted by atomic mass is 9.96. The fourth-order valence-electron chi connectivity index (χ4n) is 4.75. The highest BCUT2D eigenvalue weighted by atomic mass is 16.2. The molecule has 0 atom stereocenters. The molecule has 2 fully saturated rings. The summed E-state index contributed by atoms with van der Waals surface area (Å²) >= 11 is 0. The summed E-state index contributed by atoms with van der Waals surface area (Å²) in [6.45, 7) is 8.14. The first-order chi connectivity index (χ1) is 15.5. The Morgan fingerprint density at radius 2 is 1.78 bits per heavy atom. The molecular formula is C25H33N5O2. The first-order valence-electron chi connectivity index (χ1n) is 12.0. The third-order valence-electron chi connectivity index (χ3n) is 7.06. The maximum atomic E-state index is 12.7. The van der Waals surface area contributed by atoms with Crippen LogP contribution in [0.3, 0.4) is 0 Å². The number of aromatic nitrogens is 2. The van der Waals surface area contributed by atoms with Crippen molar-refractivity contribution in [3.8, 4) is 0 Å². The van der Waals surface area contributed by atoms with Crippen LogP contribution in [0.5, 0.6) is 0 Å². The van der Waals surface area contributed by atoms with Gasteiger partial charge in [0.25, 0.3) is 11.8 Å². The number of hydrogen-bond donors (Lipinski definition) is 1. The highest BCUT2D eigenvalue weighted by Crippen LogP contribution is 2.30.